The van der Waals surface area contributed by atoms with Crippen LogP contribution in [0.2, 0.25) is 0 Å². The van der Waals surface area contributed by atoms with E-state index in [1.807, 2.05) is 0 Å². The maximum absolute atomic E-state index is 11.6. The molecule has 0 spiro atoms. The molecule has 0 atom stereocenters. The summed E-state index contributed by atoms with van der Waals surface area (Å²) in [5, 5.41) is 0. The minimum absolute atomic E-state index is 0.151. The van der Waals surface area contributed by atoms with E-state index in [-0.39, 0.29) is 5.78 Å². The lowest BCUT2D eigenvalue weighted by atomic mass is 10.2. The Morgan fingerprint density at radius 2 is 2.15 bits per heavy atom. The third-order valence-electron chi connectivity index (χ3n) is 1.75. The number of carbonyl (C=O) groups is 1. The second-order valence-corrected chi connectivity index (χ2v) is 2.75. The molecule has 0 radical (unpaired) electrons. The number of hydrogen-bond acceptors (Lipinski definition) is 3. The maximum atomic E-state index is 11.6. The summed E-state index contributed by atoms with van der Waals surface area (Å²) in [6.45, 7) is 1.80. The van der Waals surface area contributed by atoms with Crippen LogP contribution in [0.4, 0.5) is 0 Å². The van der Waals surface area contributed by atoms with Crippen molar-refractivity contribution < 1.29 is 13.6 Å². The largest absolute Gasteiger partial charge is 0.472 e. The Labute approximate surface area is 75.0 Å². The van der Waals surface area contributed by atoms with Crippen molar-refractivity contribution in [3.8, 4) is 0 Å². The van der Waals surface area contributed by atoms with Crippen LogP contribution < -0.4 is 0 Å². The van der Waals surface area contributed by atoms with Gasteiger partial charge in [0.25, 0.3) is 0 Å². The number of aryl methyl sites for hydroxylation is 1. The van der Waals surface area contributed by atoms with Crippen molar-refractivity contribution in [1.29, 1.82) is 0 Å². The summed E-state index contributed by atoms with van der Waals surface area (Å²) in [6, 6.07) is 5.03. The first-order chi connectivity index (χ1) is 6.27. The highest BCUT2D eigenvalue weighted by Crippen LogP contribution is 2.12. The minimum Gasteiger partial charge on any atom is -0.472 e. The van der Waals surface area contributed by atoms with Gasteiger partial charge in [0, 0.05) is 0 Å². The fourth-order valence-electron chi connectivity index (χ4n) is 1.09. The van der Waals surface area contributed by atoms with Crippen molar-refractivity contribution >= 4 is 5.78 Å². The monoisotopic (exact) mass is 176 g/mol. The predicted molar refractivity (Wildman–Crippen MR) is 45.6 cm³/mol. The van der Waals surface area contributed by atoms with Crippen molar-refractivity contribution in [2.24, 2.45) is 0 Å². The van der Waals surface area contributed by atoms with Gasteiger partial charge < -0.3 is 8.83 Å². The van der Waals surface area contributed by atoms with Crippen LogP contribution in [-0.2, 0) is 0 Å². The van der Waals surface area contributed by atoms with Crippen LogP contribution in [0.3, 0.4) is 0 Å². The average Bonchev–Trinajstić information content (AvgIpc) is 2.72. The molecule has 0 aliphatic carbocycles. The molecule has 0 fully saturated rings. The van der Waals surface area contributed by atoms with E-state index in [9.17, 15) is 4.79 Å². The van der Waals surface area contributed by atoms with Crippen molar-refractivity contribution in [2.45, 2.75) is 6.92 Å². The Bertz CT molecular complexity index is 409. The Kier molecular flexibility index (Phi) is 1.77. The third kappa shape index (κ3) is 1.40. The van der Waals surface area contributed by atoms with E-state index >= 15 is 0 Å². The van der Waals surface area contributed by atoms with Crippen LogP contribution in [-0.4, -0.2) is 5.78 Å². The predicted octanol–water partition coefficient (Wildman–Crippen LogP) is 2.41. The van der Waals surface area contributed by atoms with E-state index < -0.39 is 0 Å². The van der Waals surface area contributed by atoms with Crippen molar-refractivity contribution in [3.05, 3.63) is 47.8 Å². The summed E-state index contributed by atoms with van der Waals surface area (Å²) < 4.78 is 9.98. The highest BCUT2D eigenvalue weighted by molar-refractivity contribution is 6.06. The number of hydrogen-bond donors (Lipinski definition) is 0. The van der Waals surface area contributed by atoms with Crippen molar-refractivity contribution in [2.75, 3.05) is 0 Å². The second-order valence-electron chi connectivity index (χ2n) is 2.75. The van der Waals surface area contributed by atoms with Gasteiger partial charge in [0.2, 0.25) is 5.78 Å². The molecule has 2 aromatic heterocycles. The summed E-state index contributed by atoms with van der Waals surface area (Å²) in [5.74, 6) is 0.924. The van der Waals surface area contributed by atoms with Gasteiger partial charge in [-0.1, -0.05) is 0 Å². The number of ketones is 1. The number of carbonyl (C=O) groups excluding carboxylic acids is 1. The molecule has 0 saturated heterocycles. The summed E-state index contributed by atoms with van der Waals surface area (Å²) in [7, 11) is 0. The van der Waals surface area contributed by atoms with Gasteiger partial charge in [-0.3, -0.25) is 4.79 Å². The van der Waals surface area contributed by atoms with E-state index in [4.69, 9.17) is 8.83 Å². The molecule has 0 amide bonds. The normalized spacial score (nSPS) is 10.2. The Morgan fingerprint density at radius 1 is 1.31 bits per heavy atom. The lowest BCUT2D eigenvalue weighted by Gasteiger charge is -1.90. The van der Waals surface area contributed by atoms with Crippen LogP contribution in [0.15, 0.2) is 39.6 Å². The zero-order chi connectivity index (χ0) is 9.26. The number of furan rings is 2. The van der Waals surface area contributed by atoms with Gasteiger partial charge >= 0.3 is 0 Å². The maximum Gasteiger partial charge on any atom is 0.231 e. The zero-order valence-electron chi connectivity index (χ0n) is 7.11. The molecular weight excluding hydrogens is 168 g/mol. The van der Waals surface area contributed by atoms with Gasteiger partial charge in [-0.05, 0) is 25.1 Å². The van der Waals surface area contributed by atoms with Crippen LogP contribution in [0.1, 0.15) is 21.9 Å². The van der Waals surface area contributed by atoms with Gasteiger partial charge in [-0.2, -0.15) is 0 Å². The van der Waals surface area contributed by atoms with Crippen LogP contribution in [0.25, 0.3) is 0 Å². The van der Waals surface area contributed by atoms with E-state index in [1.165, 1.54) is 12.5 Å². The Hall–Kier alpha value is -1.77. The molecule has 3 heteroatoms. The van der Waals surface area contributed by atoms with Gasteiger partial charge in [0.05, 0.1) is 11.8 Å². The van der Waals surface area contributed by atoms with Gasteiger partial charge in [0.15, 0.2) is 5.76 Å². The summed E-state index contributed by atoms with van der Waals surface area (Å²) in [6.07, 6.45) is 2.86. The molecule has 13 heavy (non-hydrogen) atoms. The van der Waals surface area contributed by atoms with Gasteiger partial charge in [-0.15, -0.1) is 0 Å². The molecule has 2 rings (SSSR count). The Balaban J connectivity index is 2.33. The van der Waals surface area contributed by atoms with Gasteiger partial charge in [-0.25, -0.2) is 0 Å². The second kappa shape index (κ2) is 2.94. The van der Waals surface area contributed by atoms with E-state index in [0.29, 0.717) is 11.3 Å². The highest BCUT2D eigenvalue weighted by atomic mass is 16.3. The smallest absolute Gasteiger partial charge is 0.231 e. The molecule has 2 heterocycles. The van der Waals surface area contributed by atoms with Crippen LogP contribution in [0.5, 0.6) is 0 Å². The van der Waals surface area contributed by atoms with E-state index in [0.717, 1.165) is 5.76 Å². The third-order valence-corrected chi connectivity index (χ3v) is 1.75. The molecule has 0 saturated carbocycles. The SMILES string of the molecule is Cc1ccc(C(=O)c2ccoc2)o1. The molecular formula is C10H8O3. The average molecular weight is 176 g/mol. The minimum atomic E-state index is -0.151. The topological polar surface area (TPSA) is 43.4 Å². The molecule has 2 aromatic rings. The lowest BCUT2D eigenvalue weighted by Crippen LogP contribution is -1.96. The molecule has 0 unspecified atom stereocenters. The quantitative estimate of drug-likeness (QED) is 0.660. The zero-order valence-corrected chi connectivity index (χ0v) is 7.11. The van der Waals surface area contributed by atoms with Crippen molar-refractivity contribution in [3.63, 3.8) is 0 Å². The standard InChI is InChI=1S/C10H8O3/c1-7-2-3-9(13-7)10(11)8-4-5-12-6-8/h2-6H,1H3. The molecule has 66 valence electrons. The number of rotatable bonds is 2. The molecule has 3 nitrogen and oxygen atoms in total. The summed E-state index contributed by atoms with van der Waals surface area (Å²) >= 11 is 0. The summed E-state index contributed by atoms with van der Waals surface area (Å²) in [5.41, 5.74) is 0.509. The first kappa shape index (κ1) is 7.86. The Morgan fingerprint density at radius 3 is 2.69 bits per heavy atom. The first-order valence-electron chi connectivity index (χ1n) is 3.91. The van der Waals surface area contributed by atoms with E-state index in [2.05, 4.69) is 0 Å². The van der Waals surface area contributed by atoms with E-state index in [1.54, 1.807) is 25.1 Å². The molecule has 0 aliphatic rings. The first-order valence-corrected chi connectivity index (χ1v) is 3.91. The lowest BCUT2D eigenvalue weighted by molar-refractivity contribution is 0.101. The fourth-order valence-corrected chi connectivity index (χ4v) is 1.09. The molecule has 0 aromatic carbocycles. The molecule has 0 N–H and O–H groups in total. The summed E-state index contributed by atoms with van der Waals surface area (Å²) in [4.78, 5) is 11.6. The van der Waals surface area contributed by atoms with Crippen molar-refractivity contribution in [1.82, 2.24) is 0 Å². The van der Waals surface area contributed by atoms with Crippen LogP contribution >= 0.6 is 0 Å². The molecule has 0 aliphatic heterocycles. The van der Waals surface area contributed by atoms with Crippen LogP contribution in [0, 0.1) is 6.92 Å². The van der Waals surface area contributed by atoms with Gasteiger partial charge in [0.1, 0.15) is 12.0 Å². The highest BCUT2D eigenvalue weighted by Gasteiger charge is 2.13. The molecule has 0 bridgehead atoms. The fraction of sp³-hybridized carbons (Fsp3) is 0.100.